The molecule has 1 heterocycles. The molecule has 2 atom stereocenters. The van der Waals surface area contributed by atoms with Crippen molar-refractivity contribution in [1.29, 1.82) is 0 Å². The summed E-state index contributed by atoms with van der Waals surface area (Å²) in [7, 11) is 1.58. The maximum absolute atomic E-state index is 12.1. The molecule has 0 aromatic heterocycles. The Morgan fingerprint density at radius 2 is 2.15 bits per heavy atom. The van der Waals surface area contributed by atoms with E-state index in [0.29, 0.717) is 5.75 Å². The third-order valence-electron chi connectivity index (χ3n) is 4.06. The second kappa shape index (κ2) is 4.81. The fourth-order valence-electron chi connectivity index (χ4n) is 2.98. The number of hydrogen-bond acceptors (Lipinski definition) is 3. The third kappa shape index (κ3) is 2.13. The Hall–Kier alpha value is -2.04. The van der Waals surface area contributed by atoms with Gasteiger partial charge in [0.05, 0.1) is 19.1 Å². The van der Waals surface area contributed by atoms with Gasteiger partial charge < -0.3 is 14.7 Å². The lowest BCUT2D eigenvalue weighted by Gasteiger charge is -2.27. The molecule has 0 radical (unpaired) electrons. The Labute approximate surface area is 117 Å². The van der Waals surface area contributed by atoms with E-state index in [1.165, 1.54) is 0 Å². The van der Waals surface area contributed by atoms with Gasteiger partial charge in [-0.3, -0.25) is 9.59 Å². The topological polar surface area (TPSA) is 66.8 Å². The molecule has 2 aliphatic rings. The zero-order chi connectivity index (χ0) is 14.3. The highest BCUT2D eigenvalue weighted by Gasteiger charge is 2.49. The Balaban J connectivity index is 2.00. The van der Waals surface area contributed by atoms with E-state index in [4.69, 9.17) is 4.74 Å². The number of amides is 1. The molecule has 1 N–H and O–H groups in total. The van der Waals surface area contributed by atoms with Crippen LogP contribution in [0.1, 0.15) is 30.9 Å². The number of carbonyl (C=O) groups is 2. The van der Waals surface area contributed by atoms with Crippen molar-refractivity contribution in [2.75, 3.05) is 7.11 Å². The monoisotopic (exact) mass is 275 g/mol. The average Bonchev–Trinajstić information content (AvgIpc) is 3.21. The van der Waals surface area contributed by atoms with Crippen LogP contribution in [0.2, 0.25) is 0 Å². The molecule has 5 nitrogen and oxygen atoms in total. The zero-order valence-corrected chi connectivity index (χ0v) is 11.3. The summed E-state index contributed by atoms with van der Waals surface area (Å²) in [6.07, 6.45) is 2.03. The molecule has 1 amide bonds. The fourth-order valence-corrected chi connectivity index (χ4v) is 2.98. The second-order valence-electron chi connectivity index (χ2n) is 5.40. The Bertz CT molecular complexity index is 553. The van der Waals surface area contributed by atoms with E-state index in [1.807, 2.05) is 24.3 Å². The number of hydrogen-bond donors (Lipinski definition) is 1. The normalized spacial score (nSPS) is 25.9. The van der Waals surface area contributed by atoms with Crippen LogP contribution in [-0.4, -0.2) is 35.0 Å². The third-order valence-corrected chi connectivity index (χ3v) is 4.06. The van der Waals surface area contributed by atoms with Crippen LogP contribution in [0.5, 0.6) is 5.75 Å². The van der Waals surface area contributed by atoms with Gasteiger partial charge in [0, 0.05) is 12.5 Å². The van der Waals surface area contributed by atoms with Crippen molar-refractivity contribution in [1.82, 2.24) is 4.90 Å². The van der Waals surface area contributed by atoms with Crippen molar-refractivity contribution in [3.63, 3.8) is 0 Å². The second-order valence-corrected chi connectivity index (χ2v) is 5.40. The summed E-state index contributed by atoms with van der Waals surface area (Å²) < 4.78 is 5.20. The molecule has 1 aromatic carbocycles. The van der Waals surface area contributed by atoms with Crippen LogP contribution in [0.15, 0.2) is 24.3 Å². The van der Waals surface area contributed by atoms with Crippen LogP contribution in [0.3, 0.4) is 0 Å². The van der Waals surface area contributed by atoms with Crippen LogP contribution in [0.25, 0.3) is 0 Å². The van der Waals surface area contributed by atoms with Gasteiger partial charge in [-0.05, 0) is 30.5 Å². The number of carbonyl (C=O) groups excluding carboxylic acids is 1. The van der Waals surface area contributed by atoms with E-state index in [0.717, 1.165) is 18.4 Å². The molecular formula is C15H17NO4. The number of rotatable bonds is 4. The van der Waals surface area contributed by atoms with Crippen molar-refractivity contribution in [3.05, 3.63) is 29.8 Å². The quantitative estimate of drug-likeness (QED) is 0.910. The van der Waals surface area contributed by atoms with E-state index >= 15 is 0 Å². The molecule has 3 rings (SSSR count). The molecule has 5 heteroatoms. The number of ether oxygens (including phenoxy) is 1. The number of aliphatic carboxylic acids is 1. The SMILES string of the molecule is COc1cccc([C@H]2[C@H](C(=O)O)CC(=O)N2C2CC2)c1. The summed E-state index contributed by atoms with van der Waals surface area (Å²) in [5.74, 6) is -0.945. The lowest BCUT2D eigenvalue weighted by atomic mass is 9.93. The predicted octanol–water partition coefficient (Wildman–Crippen LogP) is 1.83. The molecule has 106 valence electrons. The fraction of sp³-hybridized carbons (Fsp3) is 0.467. The smallest absolute Gasteiger partial charge is 0.309 e. The first kappa shape index (κ1) is 13.0. The van der Waals surface area contributed by atoms with Crippen molar-refractivity contribution in [2.24, 2.45) is 5.92 Å². The molecule has 1 aliphatic heterocycles. The van der Waals surface area contributed by atoms with Gasteiger partial charge in [-0.1, -0.05) is 12.1 Å². The molecule has 0 spiro atoms. The molecule has 0 bridgehead atoms. The number of benzene rings is 1. The summed E-state index contributed by atoms with van der Waals surface area (Å²) in [6, 6.07) is 7.19. The first-order valence-electron chi connectivity index (χ1n) is 6.79. The van der Waals surface area contributed by atoms with Crippen LogP contribution < -0.4 is 4.74 Å². The summed E-state index contributed by atoms with van der Waals surface area (Å²) in [5, 5.41) is 9.40. The van der Waals surface area contributed by atoms with E-state index < -0.39 is 11.9 Å². The van der Waals surface area contributed by atoms with Gasteiger partial charge in [-0.2, -0.15) is 0 Å². The van der Waals surface area contributed by atoms with Crippen molar-refractivity contribution >= 4 is 11.9 Å². The standard InChI is InChI=1S/C15H17NO4/c1-20-11-4-2-3-9(7-11)14-12(15(18)19)8-13(17)16(14)10-5-6-10/h2-4,7,10,12,14H,5-6,8H2,1H3,(H,18,19)/t12-,14+/m1/s1. The van der Waals surface area contributed by atoms with Crippen LogP contribution in [0.4, 0.5) is 0 Å². The molecule has 1 aliphatic carbocycles. The number of nitrogens with zero attached hydrogens (tertiary/aromatic N) is 1. The van der Waals surface area contributed by atoms with Crippen molar-refractivity contribution in [3.8, 4) is 5.75 Å². The van der Waals surface area contributed by atoms with Gasteiger partial charge in [0.15, 0.2) is 0 Å². The maximum Gasteiger partial charge on any atom is 0.309 e. The Morgan fingerprint density at radius 1 is 1.40 bits per heavy atom. The number of carboxylic acids is 1. The molecule has 0 unspecified atom stereocenters. The largest absolute Gasteiger partial charge is 0.497 e. The van der Waals surface area contributed by atoms with E-state index in [-0.39, 0.29) is 24.4 Å². The summed E-state index contributed by atoms with van der Waals surface area (Å²) >= 11 is 0. The highest BCUT2D eigenvalue weighted by Crippen LogP contribution is 2.45. The van der Waals surface area contributed by atoms with Crippen LogP contribution in [0, 0.1) is 5.92 Å². The first-order valence-corrected chi connectivity index (χ1v) is 6.79. The minimum atomic E-state index is -0.908. The summed E-state index contributed by atoms with van der Waals surface area (Å²) in [5.41, 5.74) is 0.842. The van der Waals surface area contributed by atoms with Crippen LogP contribution >= 0.6 is 0 Å². The van der Waals surface area contributed by atoms with Gasteiger partial charge in [0.2, 0.25) is 5.91 Å². The molecule has 1 saturated heterocycles. The molecule has 1 aromatic rings. The van der Waals surface area contributed by atoms with E-state index in [2.05, 4.69) is 0 Å². The van der Waals surface area contributed by atoms with Gasteiger partial charge in [-0.25, -0.2) is 0 Å². The highest BCUT2D eigenvalue weighted by molar-refractivity contribution is 5.87. The number of likely N-dealkylation sites (tertiary alicyclic amines) is 1. The van der Waals surface area contributed by atoms with Crippen molar-refractivity contribution < 1.29 is 19.4 Å². The number of methoxy groups -OCH3 is 1. The van der Waals surface area contributed by atoms with E-state index in [1.54, 1.807) is 12.0 Å². The average molecular weight is 275 g/mol. The minimum Gasteiger partial charge on any atom is -0.497 e. The summed E-state index contributed by atoms with van der Waals surface area (Å²) in [6.45, 7) is 0. The molecule has 20 heavy (non-hydrogen) atoms. The zero-order valence-electron chi connectivity index (χ0n) is 11.3. The lowest BCUT2D eigenvalue weighted by molar-refractivity contribution is -0.142. The van der Waals surface area contributed by atoms with Crippen LogP contribution in [-0.2, 0) is 9.59 Å². The number of carboxylic acid groups (broad SMARTS) is 1. The summed E-state index contributed by atoms with van der Waals surface area (Å²) in [4.78, 5) is 25.4. The van der Waals surface area contributed by atoms with Crippen molar-refractivity contribution in [2.45, 2.75) is 31.3 Å². The van der Waals surface area contributed by atoms with Gasteiger partial charge >= 0.3 is 5.97 Å². The Kier molecular flexibility index (Phi) is 3.12. The van der Waals surface area contributed by atoms with Gasteiger partial charge in [0.25, 0.3) is 0 Å². The highest BCUT2D eigenvalue weighted by atomic mass is 16.5. The lowest BCUT2D eigenvalue weighted by Crippen LogP contribution is -2.32. The van der Waals surface area contributed by atoms with Gasteiger partial charge in [-0.15, -0.1) is 0 Å². The van der Waals surface area contributed by atoms with E-state index in [9.17, 15) is 14.7 Å². The minimum absolute atomic E-state index is 0.0484. The van der Waals surface area contributed by atoms with Gasteiger partial charge in [0.1, 0.15) is 5.75 Å². The Morgan fingerprint density at radius 3 is 2.75 bits per heavy atom. The molecule has 1 saturated carbocycles. The first-order chi connectivity index (χ1) is 9.61. The molecule has 2 fully saturated rings. The molecular weight excluding hydrogens is 258 g/mol. The maximum atomic E-state index is 12.1. The predicted molar refractivity (Wildman–Crippen MR) is 71.3 cm³/mol.